The molecule has 0 nitrogen and oxygen atoms in total. The molecule has 0 aromatic rings. The Morgan fingerprint density at radius 2 is 2.56 bits per heavy atom. The average molecular weight is 163 g/mol. The molecule has 1 heterocycles. The third kappa shape index (κ3) is 1.91. The smallest absolute Gasteiger partial charge is 0.0433 e. The lowest BCUT2D eigenvalue weighted by Crippen LogP contribution is -2.01. The van der Waals surface area contributed by atoms with Crippen molar-refractivity contribution in [3.63, 3.8) is 0 Å². The molecular weight excluding hydrogens is 152 g/mol. The van der Waals surface area contributed by atoms with Crippen LogP contribution in [0.1, 0.15) is 6.42 Å². The first-order valence-corrected chi connectivity index (χ1v) is 4.85. The Labute approximate surface area is 65.7 Å². The Kier molecular flexibility index (Phi) is 2.93. The van der Waals surface area contributed by atoms with Crippen molar-refractivity contribution in [3.8, 4) is 0 Å². The monoisotopic (exact) mass is 162 g/mol. The summed E-state index contributed by atoms with van der Waals surface area (Å²) in [5.41, 5.74) is 1.22. The minimum Gasteiger partial charge on any atom is -0.161 e. The zero-order chi connectivity index (χ0) is 6.69. The largest absolute Gasteiger partial charge is 0.161 e. The average Bonchev–Trinajstić information content (AvgIpc) is 2.37. The Balaban J connectivity index is 2.32. The molecule has 0 radical (unpaired) electrons. The van der Waals surface area contributed by atoms with E-state index < -0.39 is 0 Å². The van der Waals surface area contributed by atoms with Crippen molar-refractivity contribution in [2.75, 3.05) is 17.4 Å². The number of alkyl halides is 1. The molecule has 1 fully saturated rings. The highest BCUT2D eigenvalue weighted by Crippen LogP contribution is 2.28. The van der Waals surface area contributed by atoms with Crippen molar-refractivity contribution in [1.82, 2.24) is 0 Å². The van der Waals surface area contributed by atoms with E-state index in [1.165, 1.54) is 23.5 Å². The molecule has 9 heavy (non-hydrogen) atoms. The minimum absolute atomic E-state index is 0.644. The summed E-state index contributed by atoms with van der Waals surface area (Å²) in [4.78, 5) is 0. The normalized spacial score (nSPS) is 26.6. The van der Waals surface area contributed by atoms with E-state index in [1.54, 1.807) is 0 Å². The summed E-state index contributed by atoms with van der Waals surface area (Å²) in [5.74, 6) is 3.89. The van der Waals surface area contributed by atoms with Gasteiger partial charge in [-0.3, -0.25) is 0 Å². The Bertz CT molecular complexity index is 105. The number of hydrogen-bond donors (Lipinski definition) is 0. The maximum absolute atomic E-state index is 5.62. The Hall–Kier alpha value is 0.380. The molecule has 1 atom stereocenters. The number of rotatable bonds is 2. The zero-order valence-corrected chi connectivity index (χ0v) is 6.97. The van der Waals surface area contributed by atoms with E-state index in [4.69, 9.17) is 11.6 Å². The molecule has 0 saturated carbocycles. The Morgan fingerprint density at radius 1 is 1.78 bits per heavy atom. The van der Waals surface area contributed by atoms with Crippen LogP contribution in [0.15, 0.2) is 12.2 Å². The number of hydrogen-bond acceptors (Lipinski definition) is 1. The zero-order valence-electron chi connectivity index (χ0n) is 5.40. The van der Waals surface area contributed by atoms with Gasteiger partial charge in [0, 0.05) is 5.88 Å². The van der Waals surface area contributed by atoms with Crippen molar-refractivity contribution < 1.29 is 0 Å². The quantitative estimate of drug-likeness (QED) is 0.444. The lowest BCUT2D eigenvalue weighted by molar-refractivity contribution is 0.704. The summed E-state index contributed by atoms with van der Waals surface area (Å²) < 4.78 is 0. The predicted octanol–water partition coefficient (Wildman–Crippen LogP) is 2.53. The SMILES string of the molecule is C=C(CCl)C1CCSC1. The summed E-state index contributed by atoms with van der Waals surface area (Å²) in [6, 6.07) is 0. The van der Waals surface area contributed by atoms with E-state index in [9.17, 15) is 0 Å². The van der Waals surface area contributed by atoms with E-state index in [-0.39, 0.29) is 0 Å². The standard InChI is InChI=1S/C7H11ClS/c1-6(4-8)7-2-3-9-5-7/h7H,1-5H2. The van der Waals surface area contributed by atoms with Gasteiger partial charge in [0.25, 0.3) is 0 Å². The molecule has 0 amide bonds. The second kappa shape index (κ2) is 3.52. The lowest BCUT2D eigenvalue weighted by Gasteiger charge is -2.06. The first-order chi connectivity index (χ1) is 4.34. The van der Waals surface area contributed by atoms with Crippen molar-refractivity contribution in [3.05, 3.63) is 12.2 Å². The molecule has 0 N–H and O–H groups in total. The van der Waals surface area contributed by atoms with Gasteiger partial charge in [0.15, 0.2) is 0 Å². The molecule has 1 aliphatic rings. The van der Waals surface area contributed by atoms with Crippen LogP contribution < -0.4 is 0 Å². The summed E-state index contributed by atoms with van der Waals surface area (Å²) in [7, 11) is 0. The van der Waals surface area contributed by atoms with Crippen molar-refractivity contribution >= 4 is 23.4 Å². The first-order valence-electron chi connectivity index (χ1n) is 3.16. The number of allylic oxidation sites excluding steroid dienone is 1. The summed E-state index contributed by atoms with van der Waals surface area (Å²) in [5, 5.41) is 0. The maximum Gasteiger partial charge on any atom is 0.0433 e. The number of thioether (sulfide) groups is 1. The van der Waals surface area contributed by atoms with Crippen LogP contribution in [-0.2, 0) is 0 Å². The highest BCUT2D eigenvalue weighted by atomic mass is 35.5. The van der Waals surface area contributed by atoms with Gasteiger partial charge in [-0.05, 0) is 23.8 Å². The Morgan fingerprint density at radius 3 is 3.00 bits per heavy atom. The van der Waals surface area contributed by atoms with Crippen LogP contribution in [0.5, 0.6) is 0 Å². The molecule has 1 unspecified atom stereocenters. The van der Waals surface area contributed by atoms with Crippen LogP contribution in [-0.4, -0.2) is 17.4 Å². The summed E-state index contributed by atoms with van der Waals surface area (Å²) >= 11 is 7.63. The molecule has 0 bridgehead atoms. The molecule has 1 rings (SSSR count). The van der Waals surface area contributed by atoms with E-state index in [2.05, 4.69) is 6.58 Å². The highest BCUT2D eigenvalue weighted by Gasteiger charge is 2.16. The van der Waals surface area contributed by atoms with Crippen LogP contribution in [0.4, 0.5) is 0 Å². The maximum atomic E-state index is 5.62. The number of halogens is 1. The van der Waals surface area contributed by atoms with Crippen LogP contribution in [0.3, 0.4) is 0 Å². The molecular formula is C7H11ClS. The molecule has 0 spiro atoms. The predicted molar refractivity (Wildman–Crippen MR) is 45.3 cm³/mol. The van der Waals surface area contributed by atoms with E-state index in [0.717, 1.165) is 0 Å². The van der Waals surface area contributed by atoms with Gasteiger partial charge in [-0.1, -0.05) is 12.2 Å². The fourth-order valence-corrected chi connectivity index (χ4v) is 2.49. The van der Waals surface area contributed by atoms with E-state index in [0.29, 0.717) is 11.8 Å². The van der Waals surface area contributed by atoms with Crippen molar-refractivity contribution in [2.24, 2.45) is 5.92 Å². The third-order valence-corrected chi connectivity index (χ3v) is 3.18. The van der Waals surface area contributed by atoms with Crippen LogP contribution >= 0.6 is 23.4 Å². The van der Waals surface area contributed by atoms with Crippen molar-refractivity contribution in [2.45, 2.75) is 6.42 Å². The second-order valence-corrected chi connectivity index (χ2v) is 3.77. The van der Waals surface area contributed by atoms with Gasteiger partial charge in [0.2, 0.25) is 0 Å². The van der Waals surface area contributed by atoms with Crippen LogP contribution in [0.25, 0.3) is 0 Å². The molecule has 1 saturated heterocycles. The molecule has 52 valence electrons. The van der Waals surface area contributed by atoms with Gasteiger partial charge in [0.05, 0.1) is 0 Å². The fraction of sp³-hybridized carbons (Fsp3) is 0.714. The first kappa shape index (κ1) is 7.49. The van der Waals surface area contributed by atoms with E-state index in [1.807, 2.05) is 11.8 Å². The van der Waals surface area contributed by atoms with Crippen LogP contribution in [0.2, 0.25) is 0 Å². The molecule has 0 aromatic heterocycles. The summed E-state index contributed by atoms with van der Waals surface area (Å²) in [6.07, 6.45) is 1.29. The van der Waals surface area contributed by atoms with Gasteiger partial charge in [-0.15, -0.1) is 11.6 Å². The molecule has 1 aliphatic heterocycles. The molecule has 0 aromatic carbocycles. The highest BCUT2D eigenvalue weighted by molar-refractivity contribution is 7.99. The fourth-order valence-electron chi connectivity index (χ4n) is 0.966. The van der Waals surface area contributed by atoms with Gasteiger partial charge in [-0.25, -0.2) is 0 Å². The van der Waals surface area contributed by atoms with E-state index >= 15 is 0 Å². The molecule has 0 aliphatic carbocycles. The van der Waals surface area contributed by atoms with Gasteiger partial charge >= 0.3 is 0 Å². The van der Waals surface area contributed by atoms with Crippen molar-refractivity contribution in [1.29, 1.82) is 0 Å². The summed E-state index contributed by atoms with van der Waals surface area (Å²) in [6.45, 7) is 3.91. The van der Waals surface area contributed by atoms with Gasteiger partial charge in [0.1, 0.15) is 0 Å². The third-order valence-electron chi connectivity index (χ3n) is 1.68. The van der Waals surface area contributed by atoms with Gasteiger partial charge < -0.3 is 0 Å². The topological polar surface area (TPSA) is 0 Å². The van der Waals surface area contributed by atoms with Gasteiger partial charge in [-0.2, -0.15) is 11.8 Å². The molecule has 2 heteroatoms. The minimum atomic E-state index is 0.644. The lowest BCUT2D eigenvalue weighted by atomic mass is 10.0. The van der Waals surface area contributed by atoms with Crippen LogP contribution in [0, 0.1) is 5.92 Å². The second-order valence-electron chi connectivity index (χ2n) is 2.35.